The van der Waals surface area contributed by atoms with Crippen molar-refractivity contribution in [1.82, 2.24) is 10.2 Å². The first kappa shape index (κ1) is 24.7. The van der Waals surface area contributed by atoms with Crippen LogP contribution in [-0.2, 0) is 16.8 Å². The molecular weight excluding hydrogens is 387 g/mol. The van der Waals surface area contributed by atoms with E-state index in [0.29, 0.717) is 6.42 Å². The van der Waals surface area contributed by atoms with Gasteiger partial charge in [0.25, 0.3) is 0 Å². The summed E-state index contributed by atoms with van der Waals surface area (Å²) in [6.45, 7) is 0. The van der Waals surface area contributed by atoms with Crippen LogP contribution < -0.4 is 61.8 Å². The van der Waals surface area contributed by atoms with Crippen LogP contribution in [0.1, 0.15) is 43.2 Å². The molecule has 29 heavy (non-hydrogen) atoms. The van der Waals surface area contributed by atoms with Crippen LogP contribution in [0.15, 0.2) is 60.7 Å². The summed E-state index contributed by atoms with van der Waals surface area (Å²) in [4.78, 5) is 14.0. The van der Waals surface area contributed by atoms with Gasteiger partial charge in [-0.15, -0.1) is 0 Å². The minimum Gasteiger partial charge on any atom is -0.548 e. The van der Waals surface area contributed by atoms with E-state index in [1.54, 1.807) is 0 Å². The molecule has 0 amide bonds. The monoisotopic (exact) mass is 418 g/mol. The molecule has 1 aliphatic carbocycles. The summed E-state index contributed by atoms with van der Waals surface area (Å²) in [5.74, 6) is -0.997. The van der Waals surface area contributed by atoms with Crippen molar-refractivity contribution in [3.63, 3.8) is 0 Å². The van der Waals surface area contributed by atoms with Gasteiger partial charge in [-0.05, 0) is 63.7 Å². The topological polar surface area (TPSA) is 55.4 Å². The number of nitrogens with one attached hydrogen (secondary N) is 1. The molecule has 0 spiro atoms. The number of aryl methyl sites for hydroxylation is 1. The third-order valence-electron chi connectivity index (χ3n) is 6.27. The van der Waals surface area contributed by atoms with Crippen molar-refractivity contribution in [2.24, 2.45) is 0 Å². The van der Waals surface area contributed by atoms with Gasteiger partial charge in [0.1, 0.15) is 0 Å². The number of carboxylic acid groups (broad SMARTS) is 1. The van der Waals surface area contributed by atoms with Gasteiger partial charge in [0.2, 0.25) is 0 Å². The zero-order valence-electron chi connectivity index (χ0n) is 17.9. The van der Waals surface area contributed by atoms with Crippen molar-refractivity contribution in [2.75, 3.05) is 14.1 Å². The molecule has 1 atom stereocenters. The zero-order valence-corrected chi connectivity index (χ0v) is 21.1. The molecular formula is C24H31KN2O2. The molecule has 0 bridgehead atoms. The molecule has 0 aliphatic heterocycles. The Morgan fingerprint density at radius 2 is 1.62 bits per heavy atom. The van der Waals surface area contributed by atoms with Crippen molar-refractivity contribution in [2.45, 2.75) is 56.1 Å². The van der Waals surface area contributed by atoms with Gasteiger partial charge in [-0.1, -0.05) is 60.7 Å². The summed E-state index contributed by atoms with van der Waals surface area (Å²) >= 11 is 0. The molecule has 3 rings (SSSR count). The fourth-order valence-corrected chi connectivity index (χ4v) is 4.51. The molecule has 0 saturated heterocycles. The quantitative estimate of drug-likeness (QED) is 0.600. The molecule has 0 radical (unpaired) electrons. The Morgan fingerprint density at radius 3 is 2.14 bits per heavy atom. The number of carbonyl (C=O) groups excluding carboxylic acids is 1. The molecule has 2 aromatic rings. The Hall–Kier alpha value is -0.534. The van der Waals surface area contributed by atoms with Gasteiger partial charge < -0.3 is 15.2 Å². The van der Waals surface area contributed by atoms with E-state index in [4.69, 9.17) is 0 Å². The van der Waals surface area contributed by atoms with Crippen LogP contribution in [0.25, 0.3) is 0 Å². The average molecular weight is 419 g/mol. The largest absolute Gasteiger partial charge is 1.00 e. The van der Waals surface area contributed by atoms with Gasteiger partial charge >= 0.3 is 51.4 Å². The van der Waals surface area contributed by atoms with E-state index in [-0.39, 0.29) is 63.0 Å². The second kappa shape index (κ2) is 11.7. The molecule has 1 aliphatic rings. The van der Waals surface area contributed by atoms with Crippen LogP contribution in [0.2, 0.25) is 0 Å². The van der Waals surface area contributed by atoms with Gasteiger partial charge in [-0.2, -0.15) is 0 Å². The Labute approximate surface area is 217 Å². The van der Waals surface area contributed by atoms with Gasteiger partial charge in [-0.3, -0.25) is 4.90 Å². The first-order valence-corrected chi connectivity index (χ1v) is 10.2. The molecule has 1 saturated carbocycles. The summed E-state index contributed by atoms with van der Waals surface area (Å²) in [6, 6.07) is 20.3. The number of benzene rings is 2. The van der Waals surface area contributed by atoms with Crippen LogP contribution in [0, 0.1) is 0 Å². The number of nitrogens with zero attached hydrogens (tertiary/aromatic N) is 1. The first-order valence-electron chi connectivity index (χ1n) is 10.2. The Morgan fingerprint density at radius 1 is 1.07 bits per heavy atom. The number of rotatable bonds is 8. The van der Waals surface area contributed by atoms with Crippen LogP contribution >= 0.6 is 0 Å². The molecule has 0 aromatic heterocycles. The maximum atomic E-state index is 11.7. The Bertz CT molecular complexity index is 744. The van der Waals surface area contributed by atoms with Crippen LogP contribution in [0.3, 0.4) is 0 Å². The van der Waals surface area contributed by atoms with E-state index >= 15 is 0 Å². The second-order valence-electron chi connectivity index (χ2n) is 8.13. The second-order valence-corrected chi connectivity index (χ2v) is 8.13. The summed E-state index contributed by atoms with van der Waals surface area (Å²) in [5, 5.41) is 15.0. The molecule has 1 unspecified atom stereocenters. The molecule has 1 N–H and O–H groups in total. The van der Waals surface area contributed by atoms with Crippen LogP contribution in [0.4, 0.5) is 0 Å². The van der Waals surface area contributed by atoms with E-state index in [2.05, 4.69) is 54.6 Å². The predicted molar refractivity (Wildman–Crippen MR) is 111 cm³/mol. The van der Waals surface area contributed by atoms with Crippen molar-refractivity contribution < 1.29 is 61.3 Å². The molecule has 150 valence electrons. The number of hydrogen-bond acceptors (Lipinski definition) is 4. The van der Waals surface area contributed by atoms with Gasteiger partial charge in [0.05, 0.1) is 5.97 Å². The number of carbonyl (C=O) groups is 1. The van der Waals surface area contributed by atoms with Crippen molar-refractivity contribution in [1.29, 1.82) is 0 Å². The van der Waals surface area contributed by atoms with Crippen LogP contribution in [-0.4, -0.2) is 37.0 Å². The van der Waals surface area contributed by atoms with E-state index in [1.165, 1.54) is 5.56 Å². The Balaban J connectivity index is 0.00000300. The molecule has 0 heterocycles. The minimum atomic E-state index is -0.997. The first-order chi connectivity index (χ1) is 13.5. The summed E-state index contributed by atoms with van der Waals surface area (Å²) in [7, 11) is 4.29. The molecule has 4 nitrogen and oxygen atoms in total. The van der Waals surface area contributed by atoms with E-state index in [0.717, 1.165) is 37.7 Å². The standard InChI is InChI=1S/C24H32N2O2.K/c1-26(2)24(20-11-7-4-8-12-20)17-15-21(16-18-24)25-22(23(27)28)14-13-19-9-5-3-6-10-19;/h3-12,21-22,25H,13-18H2,1-2H3,(H,27,28);/q;+1/p-1. The van der Waals surface area contributed by atoms with Crippen LogP contribution in [0.5, 0.6) is 0 Å². The Kier molecular flexibility index (Phi) is 10.0. The summed E-state index contributed by atoms with van der Waals surface area (Å²) in [5.41, 5.74) is 2.54. The summed E-state index contributed by atoms with van der Waals surface area (Å²) in [6.07, 6.45) is 5.25. The number of aliphatic carboxylic acids is 1. The fraction of sp³-hybridized carbons (Fsp3) is 0.458. The van der Waals surface area contributed by atoms with E-state index in [9.17, 15) is 9.90 Å². The van der Waals surface area contributed by atoms with E-state index < -0.39 is 12.0 Å². The van der Waals surface area contributed by atoms with Crippen molar-refractivity contribution in [3.8, 4) is 0 Å². The third kappa shape index (κ3) is 6.47. The zero-order chi connectivity index (χ0) is 20.0. The number of hydrogen-bond donors (Lipinski definition) is 1. The maximum absolute atomic E-state index is 11.7. The smallest absolute Gasteiger partial charge is 0.548 e. The maximum Gasteiger partial charge on any atom is 1.00 e. The van der Waals surface area contributed by atoms with Gasteiger partial charge in [0.15, 0.2) is 0 Å². The normalized spacial score (nSPS) is 22.7. The SMILES string of the molecule is CN(C)C1(c2ccccc2)CCC(NC(CCc2ccccc2)C(=O)[O-])CC1.[K+]. The average Bonchev–Trinajstić information content (AvgIpc) is 2.72. The van der Waals surface area contributed by atoms with Crippen molar-refractivity contribution >= 4 is 5.97 Å². The number of carboxylic acids is 1. The molecule has 2 aromatic carbocycles. The van der Waals surface area contributed by atoms with Crippen molar-refractivity contribution in [3.05, 3.63) is 71.8 Å². The van der Waals surface area contributed by atoms with Gasteiger partial charge in [-0.25, -0.2) is 0 Å². The minimum absolute atomic E-state index is 0. The van der Waals surface area contributed by atoms with Gasteiger partial charge in [0, 0.05) is 17.6 Å². The molecule has 5 heteroatoms. The van der Waals surface area contributed by atoms with E-state index in [1.807, 2.05) is 30.3 Å². The predicted octanol–water partition coefficient (Wildman–Crippen LogP) is -0.269. The fourth-order valence-electron chi connectivity index (χ4n) is 4.51. The summed E-state index contributed by atoms with van der Waals surface area (Å²) < 4.78 is 0. The third-order valence-corrected chi connectivity index (χ3v) is 6.27. The molecule has 1 fully saturated rings.